The number of nitrogens with one attached hydrogen (secondary N) is 1. The van der Waals surface area contributed by atoms with Gasteiger partial charge in [-0.25, -0.2) is 9.37 Å². The van der Waals surface area contributed by atoms with E-state index in [4.69, 9.17) is 0 Å². The van der Waals surface area contributed by atoms with Crippen LogP contribution in [0.25, 0.3) is 11.3 Å². The number of hydrogen-bond acceptors (Lipinski definition) is 3. The quantitative estimate of drug-likeness (QED) is 0.709. The van der Waals surface area contributed by atoms with Crippen LogP contribution in [0.15, 0.2) is 47.8 Å². The lowest BCUT2D eigenvalue weighted by molar-refractivity contribution is 0.628. The maximum Gasteiger partial charge on any atom is 0.187 e. The fourth-order valence-electron chi connectivity index (χ4n) is 2.21. The van der Waals surface area contributed by atoms with Gasteiger partial charge >= 0.3 is 0 Å². The second-order valence-corrected chi connectivity index (χ2v) is 5.85. The standard InChI is InChI=1S/C17H15FN2S/c1-11-3-8-15(12(2)9-11)16-10-21-17(20-16)19-14-6-4-13(18)5-7-14/h3-10H,1-2H3,(H,19,20). The van der Waals surface area contributed by atoms with Crippen molar-refractivity contribution in [1.82, 2.24) is 4.98 Å². The van der Waals surface area contributed by atoms with E-state index in [0.29, 0.717) is 0 Å². The van der Waals surface area contributed by atoms with Gasteiger partial charge in [-0.1, -0.05) is 23.8 Å². The fourth-order valence-corrected chi connectivity index (χ4v) is 2.94. The molecule has 0 aliphatic rings. The summed E-state index contributed by atoms with van der Waals surface area (Å²) in [5, 5.41) is 6.03. The zero-order chi connectivity index (χ0) is 14.8. The van der Waals surface area contributed by atoms with Crippen molar-refractivity contribution in [3.8, 4) is 11.3 Å². The van der Waals surface area contributed by atoms with Gasteiger partial charge in [-0.2, -0.15) is 0 Å². The van der Waals surface area contributed by atoms with Gasteiger partial charge in [0.05, 0.1) is 5.69 Å². The summed E-state index contributed by atoms with van der Waals surface area (Å²) in [6, 6.07) is 12.6. The lowest BCUT2D eigenvalue weighted by Crippen LogP contribution is -1.90. The highest BCUT2D eigenvalue weighted by molar-refractivity contribution is 7.14. The van der Waals surface area contributed by atoms with Crippen LogP contribution in [-0.2, 0) is 0 Å². The summed E-state index contributed by atoms with van der Waals surface area (Å²) < 4.78 is 12.9. The Balaban J connectivity index is 1.84. The Kier molecular flexibility index (Phi) is 3.71. The van der Waals surface area contributed by atoms with Crippen LogP contribution in [0.5, 0.6) is 0 Å². The molecule has 2 aromatic carbocycles. The highest BCUT2D eigenvalue weighted by Gasteiger charge is 2.07. The summed E-state index contributed by atoms with van der Waals surface area (Å²) in [5.74, 6) is -0.240. The van der Waals surface area contributed by atoms with Gasteiger partial charge in [0.15, 0.2) is 5.13 Å². The normalized spacial score (nSPS) is 10.6. The average Bonchev–Trinajstić information content (AvgIpc) is 2.90. The Bertz CT molecular complexity index is 763. The Hall–Kier alpha value is -2.20. The lowest BCUT2D eigenvalue weighted by atomic mass is 10.0. The Labute approximate surface area is 127 Å². The fraction of sp³-hybridized carbons (Fsp3) is 0.118. The second-order valence-electron chi connectivity index (χ2n) is 4.99. The summed E-state index contributed by atoms with van der Waals surface area (Å²) in [4.78, 5) is 4.60. The Morgan fingerprint density at radius 1 is 1.05 bits per heavy atom. The minimum absolute atomic E-state index is 0.240. The van der Waals surface area contributed by atoms with Crippen LogP contribution in [0.3, 0.4) is 0 Å². The van der Waals surface area contributed by atoms with Crippen LogP contribution in [0.2, 0.25) is 0 Å². The van der Waals surface area contributed by atoms with E-state index in [9.17, 15) is 4.39 Å². The molecule has 0 saturated carbocycles. The van der Waals surface area contributed by atoms with Gasteiger partial charge in [0.2, 0.25) is 0 Å². The average molecular weight is 298 g/mol. The van der Waals surface area contributed by atoms with Crippen LogP contribution in [0.4, 0.5) is 15.2 Å². The number of anilines is 2. The minimum Gasteiger partial charge on any atom is -0.332 e. The summed E-state index contributed by atoms with van der Waals surface area (Å²) in [5.41, 5.74) is 5.40. The highest BCUT2D eigenvalue weighted by Crippen LogP contribution is 2.29. The number of rotatable bonds is 3. The SMILES string of the molecule is Cc1ccc(-c2csc(Nc3ccc(F)cc3)n2)c(C)c1. The van der Waals surface area contributed by atoms with Crippen molar-refractivity contribution in [1.29, 1.82) is 0 Å². The van der Waals surface area contributed by atoms with Gasteiger partial charge < -0.3 is 5.32 Å². The number of halogens is 1. The number of aryl methyl sites for hydroxylation is 2. The molecular weight excluding hydrogens is 283 g/mol. The molecule has 0 atom stereocenters. The minimum atomic E-state index is -0.240. The monoisotopic (exact) mass is 298 g/mol. The zero-order valence-electron chi connectivity index (χ0n) is 11.9. The number of benzene rings is 2. The van der Waals surface area contributed by atoms with E-state index in [1.807, 2.05) is 5.38 Å². The van der Waals surface area contributed by atoms with Crippen LogP contribution in [0.1, 0.15) is 11.1 Å². The van der Waals surface area contributed by atoms with Gasteiger partial charge in [-0.3, -0.25) is 0 Å². The molecule has 0 saturated heterocycles. The highest BCUT2D eigenvalue weighted by atomic mass is 32.1. The van der Waals surface area contributed by atoms with Crippen molar-refractivity contribution in [2.24, 2.45) is 0 Å². The number of aromatic nitrogens is 1. The van der Waals surface area contributed by atoms with E-state index >= 15 is 0 Å². The van der Waals surface area contributed by atoms with Crippen LogP contribution >= 0.6 is 11.3 Å². The molecule has 0 bridgehead atoms. The molecular formula is C17H15FN2S. The first-order valence-corrected chi connectivity index (χ1v) is 7.55. The predicted molar refractivity (Wildman–Crippen MR) is 86.7 cm³/mol. The molecule has 0 aliphatic carbocycles. The maximum absolute atomic E-state index is 12.9. The van der Waals surface area contributed by atoms with Gasteiger partial charge in [0, 0.05) is 16.6 Å². The van der Waals surface area contributed by atoms with E-state index < -0.39 is 0 Å². The van der Waals surface area contributed by atoms with Gasteiger partial charge in [0.1, 0.15) is 5.82 Å². The van der Waals surface area contributed by atoms with Crippen molar-refractivity contribution in [3.05, 3.63) is 64.8 Å². The third-order valence-electron chi connectivity index (χ3n) is 3.26. The predicted octanol–water partition coefficient (Wildman–Crippen LogP) is 5.31. The molecule has 0 fully saturated rings. The van der Waals surface area contributed by atoms with E-state index in [1.54, 1.807) is 23.5 Å². The number of thiazole rings is 1. The first kappa shape index (κ1) is 13.8. The van der Waals surface area contributed by atoms with Gasteiger partial charge in [-0.05, 0) is 43.7 Å². The lowest BCUT2D eigenvalue weighted by Gasteiger charge is -2.04. The maximum atomic E-state index is 12.9. The van der Waals surface area contributed by atoms with E-state index in [2.05, 4.69) is 42.3 Å². The summed E-state index contributed by atoms with van der Waals surface area (Å²) in [6.07, 6.45) is 0. The molecule has 1 heterocycles. The van der Waals surface area contributed by atoms with Crippen molar-refractivity contribution in [2.75, 3.05) is 5.32 Å². The largest absolute Gasteiger partial charge is 0.332 e. The molecule has 1 N–H and O–H groups in total. The van der Waals surface area contributed by atoms with Crippen molar-refractivity contribution >= 4 is 22.2 Å². The van der Waals surface area contributed by atoms with E-state index in [0.717, 1.165) is 22.1 Å². The molecule has 21 heavy (non-hydrogen) atoms. The van der Waals surface area contributed by atoms with Crippen LogP contribution < -0.4 is 5.32 Å². The molecule has 0 unspecified atom stereocenters. The van der Waals surface area contributed by atoms with Crippen LogP contribution in [0, 0.1) is 19.7 Å². The molecule has 4 heteroatoms. The molecule has 0 aliphatic heterocycles. The molecule has 106 valence electrons. The molecule has 3 aromatic rings. The van der Waals surface area contributed by atoms with Crippen molar-refractivity contribution in [2.45, 2.75) is 13.8 Å². The zero-order valence-corrected chi connectivity index (χ0v) is 12.7. The molecule has 0 spiro atoms. The smallest absolute Gasteiger partial charge is 0.187 e. The Morgan fingerprint density at radius 3 is 2.52 bits per heavy atom. The first-order valence-electron chi connectivity index (χ1n) is 6.67. The molecule has 3 rings (SSSR count). The van der Waals surface area contributed by atoms with Crippen molar-refractivity contribution < 1.29 is 4.39 Å². The summed E-state index contributed by atoms with van der Waals surface area (Å²) >= 11 is 1.54. The Morgan fingerprint density at radius 2 is 1.81 bits per heavy atom. The van der Waals surface area contributed by atoms with E-state index in [1.165, 1.54) is 23.3 Å². The van der Waals surface area contributed by atoms with Gasteiger partial charge in [-0.15, -0.1) is 11.3 Å². The topological polar surface area (TPSA) is 24.9 Å². The first-order chi connectivity index (χ1) is 10.1. The second kappa shape index (κ2) is 5.66. The van der Waals surface area contributed by atoms with Crippen molar-refractivity contribution in [3.63, 3.8) is 0 Å². The third-order valence-corrected chi connectivity index (χ3v) is 4.02. The summed E-state index contributed by atoms with van der Waals surface area (Å²) in [7, 11) is 0. The molecule has 1 aromatic heterocycles. The number of hydrogen-bond donors (Lipinski definition) is 1. The summed E-state index contributed by atoms with van der Waals surface area (Å²) in [6.45, 7) is 4.17. The van der Waals surface area contributed by atoms with E-state index in [-0.39, 0.29) is 5.82 Å². The molecule has 2 nitrogen and oxygen atoms in total. The third kappa shape index (κ3) is 3.11. The molecule has 0 radical (unpaired) electrons. The molecule has 0 amide bonds. The van der Waals surface area contributed by atoms with Gasteiger partial charge in [0.25, 0.3) is 0 Å². The number of nitrogens with zero attached hydrogens (tertiary/aromatic N) is 1. The van der Waals surface area contributed by atoms with Crippen LogP contribution in [-0.4, -0.2) is 4.98 Å².